The second kappa shape index (κ2) is 11.4. The molecule has 0 unspecified atom stereocenters. The van der Waals surface area contributed by atoms with Gasteiger partial charge in [0.05, 0.1) is 26.6 Å². The molecule has 0 aromatic carbocycles. The molecule has 0 aliphatic heterocycles. The smallest absolute Gasteiger partial charge is 0.309 e. The normalized spacial score (nSPS) is 10.6. The molecule has 0 aliphatic rings. The van der Waals surface area contributed by atoms with Crippen LogP contribution in [0.25, 0.3) is 0 Å². The van der Waals surface area contributed by atoms with Crippen molar-refractivity contribution in [2.75, 3.05) is 14.2 Å². The molecule has 0 aromatic heterocycles. The number of hydrogen-bond acceptors (Lipinski definition) is 5. The third kappa shape index (κ3) is 9.81. The van der Waals surface area contributed by atoms with Gasteiger partial charge in [0.2, 0.25) is 5.24 Å². The average molecular weight is 267 g/mol. The van der Waals surface area contributed by atoms with E-state index in [-0.39, 0.29) is 19.3 Å². The van der Waals surface area contributed by atoms with Crippen molar-refractivity contribution in [1.29, 1.82) is 0 Å². The monoisotopic (exact) mass is 266 g/mol. The van der Waals surface area contributed by atoms with Crippen molar-refractivity contribution in [3.63, 3.8) is 0 Å². The first-order valence-electron chi connectivity index (χ1n) is 5.34. The van der Waals surface area contributed by atoms with Crippen molar-refractivity contribution in [1.82, 2.24) is 0 Å². The van der Waals surface area contributed by atoms with E-state index in [1.165, 1.54) is 14.2 Å². The van der Waals surface area contributed by atoms with Crippen molar-refractivity contribution in [2.24, 2.45) is 5.92 Å². The lowest BCUT2D eigenvalue weighted by molar-refractivity contribution is -0.152. The molecule has 6 heteroatoms. The zero-order chi connectivity index (χ0) is 13.8. The fourth-order valence-corrected chi connectivity index (χ4v) is 1.15. The molecule has 0 fully saturated rings. The number of rotatable bonds is 6. The first-order valence-corrected chi connectivity index (χ1v) is 5.72. The third-order valence-corrected chi connectivity index (χ3v) is 2.05. The molecule has 0 aromatic rings. The summed E-state index contributed by atoms with van der Waals surface area (Å²) in [5.74, 6) is -1.74. The lowest BCUT2D eigenvalue weighted by Gasteiger charge is -2.11. The fraction of sp³-hybridized carbons (Fsp3) is 0.727. The molecule has 0 rings (SSSR count). The molecule has 1 atom stereocenters. The highest BCUT2D eigenvalue weighted by molar-refractivity contribution is 6.63. The predicted molar refractivity (Wildman–Crippen MR) is 63.6 cm³/mol. The second-order valence-corrected chi connectivity index (χ2v) is 3.32. The Morgan fingerprint density at radius 2 is 1.65 bits per heavy atom. The first-order chi connectivity index (χ1) is 8.01. The van der Waals surface area contributed by atoms with Gasteiger partial charge in [-0.2, -0.15) is 0 Å². The third-order valence-electron chi connectivity index (χ3n) is 1.86. The summed E-state index contributed by atoms with van der Waals surface area (Å²) in [6.07, 6.45) is 0.107. The van der Waals surface area contributed by atoms with Gasteiger partial charge in [-0.15, -0.1) is 0 Å². The summed E-state index contributed by atoms with van der Waals surface area (Å²) in [6.45, 7) is 4.00. The lowest BCUT2D eigenvalue weighted by Crippen LogP contribution is -2.21. The van der Waals surface area contributed by atoms with Gasteiger partial charge in [0.25, 0.3) is 0 Å². The number of hydrogen-bond donors (Lipinski definition) is 0. The Labute approximate surface area is 106 Å². The number of carbonyl (C=O) groups excluding carboxylic acids is 3. The minimum Gasteiger partial charge on any atom is -0.469 e. The van der Waals surface area contributed by atoms with Crippen molar-refractivity contribution in [3.05, 3.63) is 0 Å². The van der Waals surface area contributed by atoms with Crippen LogP contribution in [-0.4, -0.2) is 31.4 Å². The van der Waals surface area contributed by atoms with Gasteiger partial charge in [0, 0.05) is 6.42 Å². The van der Waals surface area contributed by atoms with Crippen LogP contribution in [0.5, 0.6) is 0 Å². The largest absolute Gasteiger partial charge is 0.469 e. The van der Waals surface area contributed by atoms with Gasteiger partial charge < -0.3 is 9.47 Å². The van der Waals surface area contributed by atoms with E-state index in [2.05, 4.69) is 9.47 Å². The van der Waals surface area contributed by atoms with Crippen molar-refractivity contribution >= 4 is 28.8 Å². The van der Waals surface area contributed by atoms with Crippen LogP contribution in [0.15, 0.2) is 0 Å². The van der Waals surface area contributed by atoms with E-state index >= 15 is 0 Å². The second-order valence-electron chi connectivity index (χ2n) is 2.89. The van der Waals surface area contributed by atoms with Crippen LogP contribution in [0.2, 0.25) is 0 Å². The van der Waals surface area contributed by atoms with Gasteiger partial charge in [-0.1, -0.05) is 13.8 Å². The maximum Gasteiger partial charge on any atom is 0.309 e. The van der Waals surface area contributed by atoms with Crippen LogP contribution in [0.4, 0.5) is 0 Å². The highest BCUT2D eigenvalue weighted by Crippen LogP contribution is 2.15. The summed E-state index contributed by atoms with van der Waals surface area (Å²) in [5.41, 5.74) is 0. The van der Waals surface area contributed by atoms with Crippen molar-refractivity contribution in [3.8, 4) is 0 Å². The highest BCUT2D eigenvalue weighted by atomic mass is 35.5. The molecule has 5 nitrogen and oxygen atoms in total. The number of esters is 2. The topological polar surface area (TPSA) is 69.7 Å². The van der Waals surface area contributed by atoms with E-state index < -0.39 is 23.1 Å². The Morgan fingerprint density at radius 1 is 1.12 bits per heavy atom. The fourth-order valence-electron chi connectivity index (χ4n) is 1.04. The minimum absolute atomic E-state index is 0.0261. The summed E-state index contributed by atoms with van der Waals surface area (Å²) in [6, 6.07) is 0. The molecule has 17 heavy (non-hydrogen) atoms. The molecule has 0 radical (unpaired) electrons. The summed E-state index contributed by atoms with van der Waals surface area (Å²) < 4.78 is 8.91. The molecule has 0 bridgehead atoms. The molecular weight excluding hydrogens is 248 g/mol. The molecule has 0 heterocycles. The maximum absolute atomic E-state index is 11.2. The molecule has 0 saturated carbocycles. The van der Waals surface area contributed by atoms with Gasteiger partial charge in [0.1, 0.15) is 0 Å². The van der Waals surface area contributed by atoms with Crippen molar-refractivity contribution in [2.45, 2.75) is 33.1 Å². The van der Waals surface area contributed by atoms with Gasteiger partial charge in [0.15, 0.2) is 0 Å². The van der Waals surface area contributed by atoms with Crippen LogP contribution < -0.4 is 0 Å². The summed E-state index contributed by atoms with van der Waals surface area (Å²) in [5, 5.41) is -0.547. The van der Waals surface area contributed by atoms with Gasteiger partial charge in [-0.25, -0.2) is 0 Å². The quantitative estimate of drug-likeness (QED) is 0.543. The molecule has 0 N–H and O–H groups in total. The van der Waals surface area contributed by atoms with Crippen LogP contribution in [-0.2, 0) is 23.9 Å². The van der Waals surface area contributed by atoms with E-state index in [0.717, 1.165) is 0 Å². The zero-order valence-corrected chi connectivity index (χ0v) is 11.4. The van der Waals surface area contributed by atoms with Gasteiger partial charge >= 0.3 is 11.9 Å². The highest BCUT2D eigenvalue weighted by Gasteiger charge is 2.23. The Balaban J connectivity index is 0. The minimum atomic E-state index is -0.676. The van der Waals surface area contributed by atoms with Gasteiger partial charge in [-0.3, -0.25) is 14.4 Å². The standard InChI is InChI=1S/C9H13ClO5.C2H6/c1-14-8(12)5-6(9(13)15-2)3-4-7(10)11;1-2/h6H,3-5H2,1-2H3;1-2H3/t6-;/m0./s1. The molecular formula is C11H19ClO5. The Bertz CT molecular complexity index is 252. The maximum atomic E-state index is 11.2. The SMILES string of the molecule is CC.COC(=O)C[C@H](CCC(=O)Cl)C(=O)OC. The predicted octanol–water partition coefficient (Wildman–Crippen LogP) is 1.91. The van der Waals surface area contributed by atoms with Crippen LogP contribution in [0.1, 0.15) is 33.1 Å². The zero-order valence-electron chi connectivity index (χ0n) is 10.6. The molecule has 0 amide bonds. The molecule has 0 aliphatic carbocycles. The molecule has 0 saturated heterocycles. The van der Waals surface area contributed by atoms with E-state index in [1.54, 1.807) is 0 Å². The Kier molecular flexibility index (Phi) is 12.2. The summed E-state index contributed by atoms with van der Waals surface area (Å²) in [7, 11) is 2.44. The molecule has 0 spiro atoms. The number of carbonyl (C=O) groups is 3. The summed E-state index contributed by atoms with van der Waals surface area (Å²) in [4.78, 5) is 32.6. The van der Waals surface area contributed by atoms with Crippen LogP contribution in [0.3, 0.4) is 0 Å². The number of ether oxygens (including phenoxy) is 2. The van der Waals surface area contributed by atoms with E-state index in [1.807, 2.05) is 13.8 Å². The van der Waals surface area contributed by atoms with E-state index in [9.17, 15) is 14.4 Å². The number of halogens is 1. The van der Waals surface area contributed by atoms with Crippen LogP contribution >= 0.6 is 11.6 Å². The van der Waals surface area contributed by atoms with Crippen molar-refractivity contribution < 1.29 is 23.9 Å². The van der Waals surface area contributed by atoms with E-state index in [4.69, 9.17) is 11.6 Å². The van der Waals surface area contributed by atoms with E-state index in [0.29, 0.717) is 0 Å². The Hall–Kier alpha value is -1.10. The Morgan fingerprint density at radius 3 is 2.00 bits per heavy atom. The van der Waals surface area contributed by atoms with Gasteiger partial charge in [-0.05, 0) is 18.0 Å². The van der Waals surface area contributed by atoms with Crippen LogP contribution in [0, 0.1) is 5.92 Å². The molecule has 100 valence electrons. The average Bonchev–Trinajstić information content (AvgIpc) is 2.35. The first kappa shape index (κ1) is 18.3. The number of methoxy groups -OCH3 is 2. The lowest BCUT2D eigenvalue weighted by atomic mass is 10.00. The summed E-state index contributed by atoms with van der Waals surface area (Å²) >= 11 is 5.13.